The first-order valence-corrected chi connectivity index (χ1v) is 9.32. The second-order valence-corrected chi connectivity index (χ2v) is 7.82. The lowest BCUT2D eigenvalue weighted by molar-refractivity contribution is 0.0636. The lowest BCUT2D eigenvalue weighted by atomic mass is 10.2. The van der Waals surface area contributed by atoms with Crippen LogP contribution in [-0.4, -0.2) is 27.8 Å². The number of carbonyl (C=O) groups is 2. The third kappa shape index (κ3) is 6.44. The fourth-order valence-electron chi connectivity index (χ4n) is 2.03. The Balaban J connectivity index is 1.92. The first kappa shape index (κ1) is 19.8. The highest BCUT2D eigenvalue weighted by molar-refractivity contribution is 7.15. The average Bonchev–Trinajstić information content (AvgIpc) is 2.99. The Labute approximate surface area is 157 Å². The zero-order chi connectivity index (χ0) is 19.2. The number of aryl methyl sites for hydroxylation is 1. The summed E-state index contributed by atoms with van der Waals surface area (Å²) >= 11 is 1.38. The molecule has 0 aliphatic carbocycles. The van der Waals surface area contributed by atoms with Gasteiger partial charge in [-0.05, 0) is 51.5 Å². The van der Waals surface area contributed by atoms with E-state index in [0.717, 1.165) is 24.3 Å². The maximum atomic E-state index is 12.3. The number of nitrogens with one attached hydrogen (secondary N) is 2. The Morgan fingerprint density at radius 2 is 1.81 bits per heavy atom. The molecule has 0 saturated heterocycles. The van der Waals surface area contributed by atoms with E-state index in [1.54, 1.807) is 45.0 Å². The van der Waals surface area contributed by atoms with E-state index in [1.807, 2.05) is 0 Å². The van der Waals surface area contributed by atoms with Gasteiger partial charge in [0.25, 0.3) is 5.91 Å². The molecule has 2 N–H and O–H groups in total. The first-order chi connectivity index (χ1) is 12.3. The molecule has 2 rings (SSSR count). The van der Waals surface area contributed by atoms with Crippen LogP contribution in [0.2, 0.25) is 0 Å². The molecule has 26 heavy (non-hydrogen) atoms. The molecule has 0 bridgehead atoms. The third-order valence-corrected chi connectivity index (χ3v) is 4.12. The van der Waals surface area contributed by atoms with Crippen molar-refractivity contribution in [2.24, 2.45) is 0 Å². The van der Waals surface area contributed by atoms with Gasteiger partial charge in [-0.25, -0.2) is 4.79 Å². The molecule has 1 aromatic heterocycles. The molecule has 0 radical (unpaired) electrons. The molecule has 8 heteroatoms. The molecule has 0 aliphatic heterocycles. The number of anilines is 2. The number of rotatable bonds is 6. The van der Waals surface area contributed by atoms with E-state index in [9.17, 15) is 9.59 Å². The summed E-state index contributed by atoms with van der Waals surface area (Å²) in [5.41, 5.74) is 0.445. The summed E-state index contributed by atoms with van der Waals surface area (Å²) in [5.74, 6) is -0.271. The zero-order valence-corrected chi connectivity index (χ0v) is 16.3. The SMILES string of the molecule is CCCCc1nnc(NC(=O)c2ccc(NC(=O)OC(C)(C)C)cc2)s1. The highest BCUT2D eigenvalue weighted by Crippen LogP contribution is 2.19. The summed E-state index contributed by atoms with van der Waals surface area (Å²) < 4.78 is 5.19. The minimum Gasteiger partial charge on any atom is -0.444 e. The van der Waals surface area contributed by atoms with Crippen molar-refractivity contribution in [3.8, 4) is 0 Å². The molecule has 0 spiro atoms. The Hall–Kier alpha value is -2.48. The van der Waals surface area contributed by atoms with Crippen LogP contribution < -0.4 is 10.6 Å². The fourth-order valence-corrected chi connectivity index (χ4v) is 2.81. The van der Waals surface area contributed by atoms with Crippen molar-refractivity contribution in [2.45, 2.75) is 52.6 Å². The van der Waals surface area contributed by atoms with Crippen LogP contribution in [0, 0.1) is 0 Å². The molecular formula is C18H24N4O3S. The first-order valence-electron chi connectivity index (χ1n) is 8.50. The van der Waals surface area contributed by atoms with Crippen LogP contribution >= 0.6 is 11.3 Å². The molecule has 0 saturated carbocycles. The van der Waals surface area contributed by atoms with Gasteiger partial charge in [-0.15, -0.1) is 10.2 Å². The number of aromatic nitrogens is 2. The topological polar surface area (TPSA) is 93.2 Å². The summed E-state index contributed by atoms with van der Waals surface area (Å²) in [6, 6.07) is 6.54. The lowest BCUT2D eigenvalue weighted by Crippen LogP contribution is -2.27. The molecule has 0 aliphatic rings. The molecule has 2 aromatic rings. The van der Waals surface area contributed by atoms with Gasteiger partial charge in [0, 0.05) is 17.7 Å². The van der Waals surface area contributed by atoms with Crippen molar-refractivity contribution in [2.75, 3.05) is 10.6 Å². The zero-order valence-electron chi connectivity index (χ0n) is 15.5. The average molecular weight is 376 g/mol. The predicted molar refractivity (Wildman–Crippen MR) is 103 cm³/mol. The monoisotopic (exact) mass is 376 g/mol. The third-order valence-electron chi connectivity index (χ3n) is 3.22. The second kappa shape index (κ2) is 8.75. The van der Waals surface area contributed by atoms with E-state index >= 15 is 0 Å². The highest BCUT2D eigenvalue weighted by atomic mass is 32.1. The Kier molecular flexibility index (Phi) is 6.68. The largest absolute Gasteiger partial charge is 0.444 e. The number of benzene rings is 1. The molecule has 7 nitrogen and oxygen atoms in total. The van der Waals surface area contributed by atoms with E-state index in [1.165, 1.54) is 11.3 Å². The van der Waals surface area contributed by atoms with Crippen LogP contribution in [0.15, 0.2) is 24.3 Å². The van der Waals surface area contributed by atoms with Gasteiger partial charge in [0.15, 0.2) is 0 Å². The number of hydrogen-bond acceptors (Lipinski definition) is 6. The van der Waals surface area contributed by atoms with Crippen LogP contribution in [0.5, 0.6) is 0 Å². The number of nitrogens with zero attached hydrogens (tertiary/aromatic N) is 2. The highest BCUT2D eigenvalue weighted by Gasteiger charge is 2.16. The van der Waals surface area contributed by atoms with Gasteiger partial charge in [-0.1, -0.05) is 24.7 Å². The van der Waals surface area contributed by atoms with Gasteiger partial charge in [-0.2, -0.15) is 0 Å². The second-order valence-electron chi connectivity index (χ2n) is 6.76. The summed E-state index contributed by atoms with van der Waals surface area (Å²) in [4.78, 5) is 24.0. The molecule has 0 unspecified atom stereocenters. The summed E-state index contributed by atoms with van der Waals surface area (Å²) in [6.45, 7) is 7.49. The normalized spacial score (nSPS) is 11.1. The predicted octanol–water partition coefficient (Wildman–Crippen LogP) is 4.48. The van der Waals surface area contributed by atoms with E-state index in [4.69, 9.17) is 4.74 Å². The maximum absolute atomic E-state index is 12.3. The molecule has 140 valence electrons. The molecular weight excluding hydrogens is 352 g/mol. The quantitative estimate of drug-likeness (QED) is 0.775. The number of hydrogen-bond donors (Lipinski definition) is 2. The van der Waals surface area contributed by atoms with Crippen LogP contribution in [-0.2, 0) is 11.2 Å². The summed E-state index contributed by atoms with van der Waals surface area (Å²) in [5, 5.41) is 14.8. The van der Waals surface area contributed by atoms with E-state index in [-0.39, 0.29) is 5.91 Å². The van der Waals surface area contributed by atoms with Crippen LogP contribution in [0.4, 0.5) is 15.6 Å². The van der Waals surface area contributed by atoms with E-state index in [2.05, 4.69) is 27.8 Å². The molecule has 1 aromatic carbocycles. The van der Waals surface area contributed by atoms with Crippen molar-refractivity contribution in [1.82, 2.24) is 10.2 Å². The van der Waals surface area contributed by atoms with E-state index < -0.39 is 11.7 Å². The summed E-state index contributed by atoms with van der Waals surface area (Å²) in [6.07, 6.45) is 2.47. The maximum Gasteiger partial charge on any atom is 0.412 e. The lowest BCUT2D eigenvalue weighted by Gasteiger charge is -2.19. The Morgan fingerprint density at radius 1 is 1.12 bits per heavy atom. The van der Waals surface area contributed by atoms with Crippen LogP contribution in [0.25, 0.3) is 0 Å². The molecule has 0 atom stereocenters. The number of amides is 2. The standard InChI is InChI=1S/C18H24N4O3S/c1-5-6-7-14-21-22-16(26-14)20-15(23)12-8-10-13(11-9-12)19-17(24)25-18(2,3)4/h8-11H,5-7H2,1-4H3,(H,19,24)(H,20,22,23). The number of carbonyl (C=O) groups excluding carboxylic acids is 2. The Morgan fingerprint density at radius 3 is 2.42 bits per heavy atom. The Bertz CT molecular complexity index is 751. The van der Waals surface area contributed by atoms with Crippen molar-refractivity contribution >= 4 is 34.2 Å². The number of ether oxygens (including phenoxy) is 1. The van der Waals surface area contributed by atoms with Gasteiger partial charge < -0.3 is 4.74 Å². The van der Waals surface area contributed by atoms with Gasteiger partial charge in [-0.3, -0.25) is 15.4 Å². The van der Waals surface area contributed by atoms with Gasteiger partial charge in [0.05, 0.1) is 0 Å². The van der Waals surface area contributed by atoms with Crippen molar-refractivity contribution in [1.29, 1.82) is 0 Å². The van der Waals surface area contributed by atoms with Crippen molar-refractivity contribution in [3.63, 3.8) is 0 Å². The van der Waals surface area contributed by atoms with Crippen LogP contribution in [0.3, 0.4) is 0 Å². The van der Waals surface area contributed by atoms with Crippen molar-refractivity contribution in [3.05, 3.63) is 34.8 Å². The van der Waals surface area contributed by atoms with Gasteiger partial charge >= 0.3 is 6.09 Å². The molecule has 1 heterocycles. The minimum absolute atomic E-state index is 0.271. The summed E-state index contributed by atoms with van der Waals surface area (Å²) in [7, 11) is 0. The molecule has 2 amide bonds. The number of unbranched alkanes of at least 4 members (excludes halogenated alkanes) is 1. The van der Waals surface area contributed by atoms with Gasteiger partial charge in [0.1, 0.15) is 10.6 Å². The van der Waals surface area contributed by atoms with Crippen LogP contribution in [0.1, 0.15) is 55.9 Å². The smallest absolute Gasteiger partial charge is 0.412 e. The fraction of sp³-hybridized carbons (Fsp3) is 0.444. The molecule has 0 fully saturated rings. The minimum atomic E-state index is -0.568. The van der Waals surface area contributed by atoms with Gasteiger partial charge in [0.2, 0.25) is 5.13 Å². The van der Waals surface area contributed by atoms with Crippen molar-refractivity contribution < 1.29 is 14.3 Å². The van der Waals surface area contributed by atoms with E-state index in [0.29, 0.717) is 16.4 Å².